The summed E-state index contributed by atoms with van der Waals surface area (Å²) in [5.41, 5.74) is 1.70. The SMILES string of the molecule is CC(=O)OC(c1cccc(C)c1)C(C)C(=O)O. The number of carbonyl (C=O) groups is 2. The fourth-order valence-electron chi connectivity index (χ4n) is 1.61. The minimum atomic E-state index is -0.988. The molecule has 0 saturated carbocycles. The van der Waals surface area contributed by atoms with Crippen molar-refractivity contribution in [3.05, 3.63) is 35.4 Å². The molecule has 2 unspecified atom stereocenters. The van der Waals surface area contributed by atoms with Gasteiger partial charge in [-0.05, 0) is 19.4 Å². The number of ether oxygens (including phenoxy) is 1. The summed E-state index contributed by atoms with van der Waals surface area (Å²) in [6, 6.07) is 7.31. The van der Waals surface area contributed by atoms with E-state index in [1.807, 2.05) is 25.1 Å². The zero-order valence-electron chi connectivity index (χ0n) is 10.1. The number of carboxylic acids is 1. The Morgan fingerprint density at radius 3 is 2.47 bits per heavy atom. The van der Waals surface area contributed by atoms with Crippen LogP contribution in [-0.2, 0) is 14.3 Å². The number of hydrogen-bond donors (Lipinski definition) is 1. The fraction of sp³-hybridized carbons (Fsp3) is 0.385. The third-order valence-electron chi connectivity index (χ3n) is 2.51. The molecule has 0 radical (unpaired) electrons. The molecule has 2 atom stereocenters. The number of hydrogen-bond acceptors (Lipinski definition) is 3. The molecule has 0 saturated heterocycles. The highest BCUT2D eigenvalue weighted by Gasteiger charge is 2.27. The smallest absolute Gasteiger partial charge is 0.310 e. The summed E-state index contributed by atoms with van der Waals surface area (Å²) in [5.74, 6) is -2.25. The normalized spacial score (nSPS) is 13.8. The maximum Gasteiger partial charge on any atom is 0.310 e. The van der Waals surface area contributed by atoms with Gasteiger partial charge in [-0.3, -0.25) is 9.59 Å². The largest absolute Gasteiger partial charge is 0.481 e. The van der Waals surface area contributed by atoms with Crippen LogP contribution < -0.4 is 0 Å². The molecule has 4 nitrogen and oxygen atoms in total. The van der Waals surface area contributed by atoms with Crippen molar-refractivity contribution in [1.82, 2.24) is 0 Å². The number of aryl methyl sites for hydroxylation is 1. The average molecular weight is 236 g/mol. The second kappa shape index (κ2) is 5.48. The zero-order chi connectivity index (χ0) is 13.0. The Kier molecular flexibility index (Phi) is 4.26. The first kappa shape index (κ1) is 13.2. The number of carboxylic acid groups (broad SMARTS) is 1. The second-order valence-electron chi connectivity index (χ2n) is 4.07. The van der Waals surface area contributed by atoms with Crippen molar-refractivity contribution >= 4 is 11.9 Å². The molecule has 0 heterocycles. The Bertz CT molecular complexity index is 425. The summed E-state index contributed by atoms with van der Waals surface area (Å²) in [7, 11) is 0. The average Bonchev–Trinajstić information content (AvgIpc) is 2.24. The number of carbonyl (C=O) groups excluding carboxylic acids is 1. The molecule has 4 heteroatoms. The van der Waals surface area contributed by atoms with Gasteiger partial charge in [-0.1, -0.05) is 29.8 Å². The van der Waals surface area contributed by atoms with Crippen LogP contribution in [0.25, 0.3) is 0 Å². The first-order valence-corrected chi connectivity index (χ1v) is 5.38. The van der Waals surface area contributed by atoms with Crippen LogP contribution in [0, 0.1) is 12.8 Å². The van der Waals surface area contributed by atoms with Gasteiger partial charge < -0.3 is 9.84 Å². The summed E-state index contributed by atoms with van der Waals surface area (Å²) >= 11 is 0. The van der Waals surface area contributed by atoms with Crippen LogP contribution in [0.2, 0.25) is 0 Å². The van der Waals surface area contributed by atoms with Crippen LogP contribution in [0.1, 0.15) is 31.1 Å². The maximum atomic E-state index is 11.0. The van der Waals surface area contributed by atoms with Gasteiger partial charge in [-0.2, -0.15) is 0 Å². The summed E-state index contributed by atoms with van der Waals surface area (Å²) in [6.45, 7) is 4.70. The lowest BCUT2D eigenvalue weighted by Crippen LogP contribution is -2.23. The Labute approximate surface area is 100 Å². The first-order chi connectivity index (χ1) is 7.91. The molecule has 1 aromatic carbocycles. The lowest BCUT2D eigenvalue weighted by atomic mass is 9.96. The molecule has 0 aromatic heterocycles. The highest BCUT2D eigenvalue weighted by molar-refractivity contribution is 5.72. The van der Waals surface area contributed by atoms with E-state index in [2.05, 4.69) is 0 Å². The molecule has 0 aliphatic carbocycles. The van der Waals surface area contributed by atoms with Crippen LogP contribution in [0.3, 0.4) is 0 Å². The highest BCUT2D eigenvalue weighted by Crippen LogP contribution is 2.27. The van der Waals surface area contributed by atoms with Crippen molar-refractivity contribution in [2.24, 2.45) is 5.92 Å². The Balaban J connectivity index is 3.05. The predicted molar refractivity (Wildman–Crippen MR) is 62.5 cm³/mol. The molecular weight excluding hydrogens is 220 g/mol. The number of aliphatic carboxylic acids is 1. The van der Waals surface area contributed by atoms with Gasteiger partial charge in [0.15, 0.2) is 0 Å². The molecular formula is C13H16O4. The highest BCUT2D eigenvalue weighted by atomic mass is 16.5. The summed E-state index contributed by atoms with van der Waals surface area (Å²) < 4.78 is 5.09. The Hall–Kier alpha value is -1.84. The quantitative estimate of drug-likeness (QED) is 0.815. The van der Waals surface area contributed by atoms with Gasteiger partial charge in [-0.15, -0.1) is 0 Å². The number of benzene rings is 1. The minimum absolute atomic E-state index is 0.482. The van der Waals surface area contributed by atoms with Gasteiger partial charge >= 0.3 is 11.9 Å². The predicted octanol–water partition coefficient (Wildman–Crippen LogP) is 2.32. The molecule has 0 amide bonds. The molecule has 0 spiro atoms. The Morgan fingerprint density at radius 1 is 1.35 bits per heavy atom. The van der Waals surface area contributed by atoms with E-state index < -0.39 is 24.0 Å². The van der Waals surface area contributed by atoms with Crippen molar-refractivity contribution in [3.63, 3.8) is 0 Å². The van der Waals surface area contributed by atoms with Gasteiger partial charge in [0.05, 0.1) is 5.92 Å². The molecule has 0 bridgehead atoms. The van der Waals surface area contributed by atoms with Gasteiger partial charge in [-0.25, -0.2) is 0 Å². The summed E-state index contributed by atoms with van der Waals surface area (Å²) in [4.78, 5) is 22.0. The van der Waals surface area contributed by atoms with E-state index in [1.54, 1.807) is 6.07 Å². The van der Waals surface area contributed by atoms with Gasteiger partial charge in [0.25, 0.3) is 0 Å². The van der Waals surface area contributed by atoms with Gasteiger partial charge in [0, 0.05) is 6.92 Å². The van der Waals surface area contributed by atoms with Crippen molar-refractivity contribution in [2.45, 2.75) is 26.9 Å². The Morgan fingerprint density at radius 2 is 2.00 bits per heavy atom. The molecule has 1 aromatic rings. The lowest BCUT2D eigenvalue weighted by molar-refractivity contribution is -0.156. The molecule has 0 aliphatic heterocycles. The third-order valence-corrected chi connectivity index (χ3v) is 2.51. The summed E-state index contributed by atoms with van der Waals surface area (Å²) in [6.07, 6.45) is -0.745. The molecule has 0 fully saturated rings. The fourth-order valence-corrected chi connectivity index (χ4v) is 1.61. The monoisotopic (exact) mass is 236 g/mol. The van der Waals surface area contributed by atoms with Crippen LogP contribution >= 0.6 is 0 Å². The standard InChI is InChI=1S/C13H16O4/c1-8-5-4-6-11(7-8)12(17-10(3)14)9(2)13(15)16/h4-7,9,12H,1-3H3,(H,15,16). The van der Waals surface area contributed by atoms with Gasteiger partial charge in [0.2, 0.25) is 0 Å². The van der Waals surface area contributed by atoms with E-state index in [1.165, 1.54) is 13.8 Å². The topological polar surface area (TPSA) is 63.6 Å². The molecule has 17 heavy (non-hydrogen) atoms. The van der Waals surface area contributed by atoms with Crippen LogP contribution in [0.5, 0.6) is 0 Å². The second-order valence-corrected chi connectivity index (χ2v) is 4.07. The van der Waals surface area contributed by atoms with Crippen LogP contribution in [0.15, 0.2) is 24.3 Å². The maximum absolute atomic E-state index is 11.0. The van der Waals surface area contributed by atoms with E-state index in [0.717, 1.165) is 5.56 Å². The van der Waals surface area contributed by atoms with Gasteiger partial charge in [0.1, 0.15) is 6.10 Å². The number of rotatable bonds is 4. The van der Waals surface area contributed by atoms with Crippen molar-refractivity contribution < 1.29 is 19.4 Å². The van der Waals surface area contributed by atoms with Crippen molar-refractivity contribution in [1.29, 1.82) is 0 Å². The molecule has 92 valence electrons. The van der Waals surface area contributed by atoms with Crippen LogP contribution in [0.4, 0.5) is 0 Å². The third kappa shape index (κ3) is 3.59. The molecule has 1 N–H and O–H groups in total. The lowest BCUT2D eigenvalue weighted by Gasteiger charge is -2.21. The van der Waals surface area contributed by atoms with E-state index in [-0.39, 0.29) is 0 Å². The van der Waals surface area contributed by atoms with Crippen LogP contribution in [-0.4, -0.2) is 17.0 Å². The number of esters is 1. The minimum Gasteiger partial charge on any atom is -0.481 e. The molecule has 0 aliphatic rings. The molecule has 1 rings (SSSR count). The summed E-state index contributed by atoms with van der Waals surface area (Å²) in [5, 5.41) is 9.00. The van der Waals surface area contributed by atoms with E-state index in [4.69, 9.17) is 9.84 Å². The zero-order valence-corrected chi connectivity index (χ0v) is 10.1. The van der Waals surface area contributed by atoms with E-state index >= 15 is 0 Å². The van der Waals surface area contributed by atoms with E-state index in [9.17, 15) is 9.59 Å². The van der Waals surface area contributed by atoms with Crippen molar-refractivity contribution in [3.8, 4) is 0 Å². The van der Waals surface area contributed by atoms with Crippen molar-refractivity contribution in [2.75, 3.05) is 0 Å². The first-order valence-electron chi connectivity index (χ1n) is 5.38. The van der Waals surface area contributed by atoms with E-state index in [0.29, 0.717) is 5.56 Å².